The molecule has 0 rings (SSSR count). The fourth-order valence-corrected chi connectivity index (χ4v) is 1.37. The number of allylic oxidation sites excluding steroid dienone is 2. The van der Waals surface area contributed by atoms with E-state index in [1.807, 2.05) is 13.8 Å². The van der Waals surface area contributed by atoms with Crippen LogP contribution in [0.5, 0.6) is 0 Å². The molecule has 0 aliphatic heterocycles. The Morgan fingerprint density at radius 2 is 1.85 bits per heavy atom. The smallest absolute Gasteiger partial charge is 0.135 e. The van der Waals surface area contributed by atoms with Gasteiger partial charge in [0.25, 0.3) is 0 Å². The first-order chi connectivity index (χ1) is 5.84. The third-order valence-electron chi connectivity index (χ3n) is 3.20. The number of Topliss-reactive ketones (excluding diaryl/α,β-unsaturated/α-hetero) is 1. The van der Waals surface area contributed by atoms with E-state index < -0.39 is 0 Å². The van der Waals surface area contributed by atoms with Crippen LogP contribution in [0.1, 0.15) is 48.0 Å². The third kappa shape index (κ3) is 2.98. The molecule has 0 aromatic rings. The Bertz CT molecular complexity index is 211. The summed E-state index contributed by atoms with van der Waals surface area (Å²) in [5, 5.41) is 0. The van der Waals surface area contributed by atoms with E-state index in [1.165, 1.54) is 5.57 Å². The first kappa shape index (κ1) is 12.4. The number of rotatable bonds is 4. The van der Waals surface area contributed by atoms with Gasteiger partial charge in [0.2, 0.25) is 0 Å². The van der Waals surface area contributed by atoms with Crippen LogP contribution in [-0.2, 0) is 4.79 Å². The molecule has 0 spiro atoms. The number of hydrogen-bond acceptors (Lipinski definition) is 1. The van der Waals surface area contributed by atoms with Crippen LogP contribution in [0.2, 0.25) is 0 Å². The van der Waals surface area contributed by atoms with Gasteiger partial charge >= 0.3 is 0 Å². The van der Waals surface area contributed by atoms with Crippen molar-refractivity contribution in [2.45, 2.75) is 48.0 Å². The summed E-state index contributed by atoms with van der Waals surface area (Å²) in [6.45, 7) is 12.1. The molecule has 0 heterocycles. The predicted octanol–water partition coefficient (Wildman–Crippen LogP) is 3.59. The molecule has 0 radical (unpaired) electrons. The molecule has 0 N–H and O–H groups in total. The zero-order valence-corrected chi connectivity index (χ0v) is 9.77. The fraction of sp³-hybridized carbons (Fsp3) is 0.750. The van der Waals surface area contributed by atoms with Crippen LogP contribution in [0.25, 0.3) is 0 Å². The summed E-state index contributed by atoms with van der Waals surface area (Å²) in [6.07, 6.45) is 3.25. The van der Waals surface area contributed by atoms with Gasteiger partial charge in [0.1, 0.15) is 5.78 Å². The molecule has 76 valence electrons. The van der Waals surface area contributed by atoms with E-state index in [-0.39, 0.29) is 11.2 Å². The SMILES string of the molecule is CC/C=C(\C)C(C)C(C)(C)C(C)=O. The van der Waals surface area contributed by atoms with Crippen molar-refractivity contribution in [2.24, 2.45) is 11.3 Å². The molecule has 0 aliphatic carbocycles. The Hall–Kier alpha value is -0.590. The van der Waals surface area contributed by atoms with Crippen LogP contribution in [0.15, 0.2) is 11.6 Å². The van der Waals surface area contributed by atoms with Crippen molar-refractivity contribution in [3.05, 3.63) is 11.6 Å². The van der Waals surface area contributed by atoms with Gasteiger partial charge in [-0.05, 0) is 26.2 Å². The fourth-order valence-electron chi connectivity index (χ4n) is 1.37. The van der Waals surface area contributed by atoms with Gasteiger partial charge in [0.05, 0.1) is 0 Å². The maximum absolute atomic E-state index is 11.4. The minimum absolute atomic E-state index is 0.226. The highest BCUT2D eigenvalue weighted by molar-refractivity contribution is 5.82. The molecular formula is C12H22O. The molecule has 0 aromatic carbocycles. The number of carbonyl (C=O) groups excluding carboxylic acids is 1. The van der Waals surface area contributed by atoms with E-state index in [0.717, 1.165) is 6.42 Å². The van der Waals surface area contributed by atoms with E-state index >= 15 is 0 Å². The van der Waals surface area contributed by atoms with Gasteiger partial charge in [-0.1, -0.05) is 39.3 Å². The molecule has 0 aromatic heterocycles. The van der Waals surface area contributed by atoms with Crippen LogP contribution in [0.4, 0.5) is 0 Å². The molecule has 1 nitrogen and oxygen atoms in total. The van der Waals surface area contributed by atoms with Crippen molar-refractivity contribution in [2.75, 3.05) is 0 Å². The molecule has 0 fully saturated rings. The van der Waals surface area contributed by atoms with Crippen molar-refractivity contribution >= 4 is 5.78 Å². The van der Waals surface area contributed by atoms with E-state index in [0.29, 0.717) is 5.92 Å². The number of ketones is 1. The average Bonchev–Trinajstić information content (AvgIpc) is 2.03. The molecule has 1 heteroatoms. The lowest BCUT2D eigenvalue weighted by Crippen LogP contribution is -2.30. The second kappa shape index (κ2) is 4.59. The summed E-state index contributed by atoms with van der Waals surface area (Å²) < 4.78 is 0. The summed E-state index contributed by atoms with van der Waals surface area (Å²) >= 11 is 0. The first-order valence-electron chi connectivity index (χ1n) is 5.01. The number of carbonyl (C=O) groups is 1. The van der Waals surface area contributed by atoms with Crippen molar-refractivity contribution in [3.63, 3.8) is 0 Å². The van der Waals surface area contributed by atoms with E-state index in [4.69, 9.17) is 0 Å². The molecule has 0 saturated carbocycles. The van der Waals surface area contributed by atoms with Crippen molar-refractivity contribution in [1.29, 1.82) is 0 Å². The van der Waals surface area contributed by atoms with E-state index in [9.17, 15) is 4.79 Å². The Kier molecular flexibility index (Phi) is 4.38. The van der Waals surface area contributed by atoms with Crippen LogP contribution in [0.3, 0.4) is 0 Å². The lowest BCUT2D eigenvalue weighted by molar-refractivity contribution is -0.126. The van der Waals surface area contributed by atoms with Crippen LogP contribution >= 0.6 is 0 Å². The quantitative estimate of drug-likeness (QED) is 0.607. The molecule has 0 saturated heterocycles. The lowest BCUT2D eigenvalue weighted by atomic mass is 9.73. The van der Waals surface area contributed by atoms with Gasteiger partial charge in [-0.25, -0.2) is 0 Å². The monoisotopic (exact) mass is 182 g/mol. The van der Waals surface area contributed by atoms with Gasteiger partial charge in [0, 0.05) is 5.41 Å². The molecule has 0 bridgehead atoms. The standard InChI is InChI=1S/C12H22O/c1-7-8-9(2)10(3)12(5,6)11(4)13/h8,10H,7H2,1-6H3/b9-8+. The maximum atomic E-state index is 11.4. The van der Waals surface area contributed by atoms with Gasteiger partial charge in [-0.2, -0.15) is 0 Å². The third-order valence-corrected chi connectivity index (χ3v) is 3.20. The Morgan fingerprint density at radius 3 is 2.15 bits per heavy atom. The minimum Gasteiger partial charge on any atom is -0.299 e. The Morgan fingerprint density at radius 1 is 1.38 bits per heavy atom. The highest BCUT2D eigenvalue weighted by Gasteiger charge is 2.31. The second-order valence-electron chi connectivity index (χ2n) is 4.36. The zero-order chi connectivity index (χ0) is 10.6. The second-order valence-corrected chi connectivity index (χ2v) is 4.36. The van der Waals surface area contributed by atoms with Crippen LogP contribution in [-0.4, -0.2) is 5.78 Å². The van der Waals surface area contributed by atoms with Crippen molar-refractivity contribution in [1.82, 2.24) is 0 Å². The molecule has 13 heavy (non-hydrogen) atoms. The van der Waals surface area contributed by atoms with Crippen LogP contribution in [0, 0.1) is 11.3 Å². The molecule has 1 unspecified atom stereocenters. The largest absolute Gasteiger partial charge is 0.299 e. The van der Waals surface area contributed by atoms with Crippen molar-refractivity contribution < 1.29 is 4.79 Å². The van der Waals surface area contributed by atoms with Gasteiger partial charge < -0.3 is 0 Å². The lowest BCUT2D eigenvalue weighted by Gasteiger charge is -2.29. The normalized spacial score (nSPS) is 15.7. The van der Waals surface area contributed by atoms with Crippen LogP contribution < -0.4 is 0 Å². The summed E-state index contributed by atoms with van der Waals surface area (Å²) in [6, 6.07) is 0. The summed E-state index contributed by atoms with van der Waals surface area (Å²) in [7, 11) is 0. The molecule has 1 atom stereocenters. The number of hydrogen-bond donors (Lipinski definition) is 0. The Labute approximate surface area is 82.2 Å². The first-order valence-corrected chi connectivity index (χ1v) is 5.01. The van der Waals surface area contributed by atoms with Gasteiger partial charge in [0.15, 0.2) is 0 Å². The maximum Gasteiger partial charge on any atom is 0.135 e. The van der Waals surface area contributed by atoms with E-state index in [1.54, 1.807) is 6.92 Å². The van der Waals surface area contributed by atoms with E-state index in [2.05, 4.69) is 26.8 Å². The summed E-state index contributed by atoms with van der Waals surface area (Å²) in [5.74, 6) is 0.605. The van der Waals surface area contributed by atoms with Crippen molar-refractivity contribution in [3.8, 4) is 0 Å². The molecule has 0 amide bonds. The minimum atomic E-state index is -0.226. The zero-order valence-electron chi connectivity index (χ0n) is 9.77. The predicted molar refractivity (Wildman–Crippen MR) is 57.7 cm³/mol. The topological polar surface area (TPSA) is 17.1 Å². The molecular weight excluding hydrogens is 160 g/mol. The average molecular weight is 182 g/mol. The molecule has 0 aliphatic rings. The summed E-state index contributed by atoms with van der Waals surface area (Å²) in [5.41, 5.74) is 1.10. The highest BCUT2D eigenvalue weighted by atomic mass is 16.1. The van der Waals surface area contributed by atoms with Gasteiger partial charge in [-0.3, -0.25) is 4.79 Å². The highest BCUT2D eigenvalue weighted by Crippen LogP contribution is 2.32. The Balaban J connectivity index is 4.68. The van der Waals surface area contributed by atoms with Gasteiger partial charge in [-0.15, -0.1) is 0 Å². The summed E-state index contributed by atoms with van der Waals surface area (Å²) in [4.78, 5) is 11.4.